The van der Waals surface area contributed by atoms with Gasteiger partial charge in [0.15, 0.2) is 0 Å². The lowest BCUT2D eigenvalue weighted by atomic mass is 10.1. The van der Waals surface area contributed by atoms with E-state index in [0.717, 1.165) is 11.1 Å². The van der Waals surface area contributed by atoms with Gasteiger partial charge in [-0.05, 0) is 18.1 Å². The summed E-state index contributed by atoms with van der Waals surface area (Å²) < 4.78 is 11.6. The van der Waals surface area contributed by atoms with Gasteiger partial charge in [-0.25, -0.2) is 0 Å². The van der Waals surface area contributed by atoms with Gasteiger partial charge < -0.3 is 4.74 Å². The Labute approximate surface area is 90.5 Å². The molecule has 0 atom stereocenters. The molecule has 0 saturated heterocycles. The van der Waals surface area contributed by atoms with E-state index in [0.29, 0.717) is 6.42 Å². The van der Waals surface area contributed by atoms with Crippen LogP contribution in [0.4, 0.5) is 0 Å². The number of Topliss-reactive ketones (excluding diaryl/α,β-unsaturated/α-hetero) is 1. The van der Waals surface area contributed by atoms with Crippen LogP contribution in [-0.2, 0) is 27.4 Å². The molecule has 0 N–H and O–H groups in total. The van der Waals surface area contributed by atoms with Crippen LogP contribution in [0.25, 0.3) is 0 Å². The highest BCUT2D eigenvalue weighted by Gasteiger charge is 1.99. The molecule has 1 aromatic carbocycles. The molecule has 0 aliphatic heterocycles. The number of ketones is 1. The van der Waals surface area contributed by atoms with Crippen molar-refractivity contribution in [1.82, 2.24) is 0 Å². The van der Waals surface area contributed by atoms with E-state index in [4.69, 9.17) is 6.11 Å². The van der Waals surface area contributed by atoms with Crippen molar-refractivity contribution in [2.45, 2.75) is 26.9 Å². The molecule has 0 aliphatic carbocycles. The minimum atomic E-state index is -0.534. The maximum absolute atomic E-state index is 10.9. The molecule has 80 valence electrons. The monoisotopic (exact) mass is 207 g/mol. The number of carbonyl (C=O) groups is 2. The van der Waals surface area contributed by atoms with Gasteiger partial charge in [0.1, 0.15) is 12.4 Å². The van der Waals surface area contributed by atoms with Crippen LogP contribution in [0.3, 0.4) is 0 Å². The van der Waals surface area contributed by atoms with Gasteiger partial charge in [0.25, 0.3) is 0 Å². The Morgan fingerprint density at radius 2 is 1.87 bits per heavy atom. The first-order chi connectivity index (χ1) is 7.61. The van der Waals surface area contributed by atoms with E-state index in [1.54, 1.807) is 6.92 Å². The standard InChI is InChI=1S/C12H14O3/c1-9(13)7-11-3-5-12(6-4-11)8-15-10(2)14/h3-6H,7-8H2,1-2H3/i2D. The molecule has 0 unspecified atom stereocenters. The maximum atomic E-state index is 10.9. The van der Waals surface area contributed by atoms with Crippen LogP contribution in [0.15, 0.2) is 24.3 Å². The second-order valence-electron chi connectivity index (χ2n) is 3.36. The number of hydrogen-bond donors (Lipinski definition) is 0. The molecule has 0 spiro atoms. The molecule has 0 aromatic heterocycles. The van der Waals surface area contributed by atoms with Gasteiger partial charge in [0.05, 0.1) is 0 Å². The topological polar surface area (TPSA) is 43.4 Å². The van der Waals surface area contributed by atoms with Crippen LogP contribution < -0.4 is 0 Å². The third kappa shape index (κ3) is 4.40. The predicted octanol–water partition coefficient (Wildman–Crippen LogP) is 1.88. The zero-order valence-electron chi connectivity index (χ0n) is 9.66. The van der Waals surface area contributed by atoms with Crippen LogP contribution in [0.5, 0.6) is 0 Å². The van der Waals surface area contributed by atoms with Crippen molar-refractivity contribution in [3.05, 3.63) is 35.4 Å². The lowest BCUT2D eigenvalue weighted by molar-refractivity contribution is -0.142. The number of carbonyl (C=O) groups excluding carboxylic acids is 2. The summed E-state index contributed by atoms with van der Waals surface area (Å²) in [5.41, 5.74) is 1.80. The molecule has 0 saturated carbocycles. The van der Waals surface area contributed by atoms with Gasteiger partial charge in [0, 0.05) is 14.7 Å². The second kappa shape index (κ2) is 5.29. The quantitative estimate of drug-likeness (QED) is 0.708. The van der Waals surface area contributed by atoms with Gasteiger partial charge >= 0.3 is 5.97 Å². The molecule has 0 heterocycles. The molecule has 0 bridgehead atoms. The highest BCUT2D eigenvalue weighted by Crippen LogP contribution is 2.06. The summed E-state index contributed by atoms with van der Waals surface area (Å²) in [4.78, 5) is 21.6. The van der Waals surface area contributed by atoms with Crippen LogP contribution in [0.2, 0.25) is 0 Å². The first kappa shape index (κ1) is 9.90. The van der Waals surface area contributed by atoms with Crippen LogP contribution >= 0.6 is 0 Å². The Kier molecular flexibility index (Phi) is 3.49. The predicted molar refractivity (Wildman–Crippen MR) is 56.3 cm³/mol. The van der Waals surface area contributed by atoms with E-state index in [1.165, 1.54) is 0 Å². The lowest BCUT2D eigenvalue weighted by Crippen LogP contribution is -2.00. The summed E-state index contributed by atoms with van der Waals surface area (Å²) in [6.07, 6.45) is 0.423. The van der Waals surface area contributed by atoms with Gasteiger partial charge in [-0.15, -0.1) is 0 Å². The van der Waals surface area contributed by atoms with E-state index >= 15 is 0 Å². The molecule has 0 aliphatic rings. The zero-order valence-corrected chi connectivity index (χ0v) is 8.66. The molecule has 0 radical (unpaired) electrons. The van der Waals surface area contributed by atoms with Crippen LogP contribution in [-0.4, -0.2) is 11.8 Å². The van der Waals surface area contributed by atoms with Crippen LogP contribution in [0, 0.1) is 0 Å². The molecule has 0 amide bonds. The third-order valence-electron chi connectivity index (χ3n) is 1.88. The van der Waals surface area contributed by atoms with Crippen molar-refractivity contribution < 1.29 is 15.7 Å². The number of esters is 1. The van der Waals surface area contributed by atoms with E-state index in [2.05, 4.69) is 0 Å². The summed E-state index contributed by atoms with van der Waals surface area (Å²) in [5.74, 6) is -0.416. The molecule has 3 nitrogen and oxygen atoms in total. The first-order valence-electron chi connectivity index (χ1n) is 5.34. The van der Waals surface area contributed by atoms with Crippen molar-refractivity contribution in [2.24, 2.45) is 0 Å². The minimum absolute atomic E-state index is 0.119. The molecule has 3 heteroatoms. The average Bonchev–Trinajstić information content (AvgIpc) is 2.27. The Hall–Kier alpha value is -1.64. The van der Waals surface area contributed by atoms with Crippen molar-refractivity contribution >= 4 is 11.8 Å². The molecular weight excluding hydrogens is 192 g/mol. The van der Waals surface area contributed by atoms with Crippen molar-refractivity contribution in [3.8, 4) is 0 Å². The minimum Gasteiger partial charge on any atom is -0.461 e. The van der Waals surface area contributed by atoms with Crippen molar-refractivity contribution in [2.75, 3.05) is 0 Å². The zero-order chi connectivity index (χ0) is 12.0. The normalized spacial score (nSPS) is 10.6. The number of rotatable bonds is 4. The second-order valence-corrected chi connectivity index (χ2v) is 3.36. The van der Waals surface area contributed by atoms with Crippen molar-refractivity contribution in [3.63, 3.8) is 0 Å². The molecule has 15 heavy (non-hydrogen) atoms. The van der Waals surface area contributed by atoms with Gasteiger partial charge in [-0.3, -0.25) is 9.59 Å². The largest absolute Gasteiger partial charge is 0.461 e. The molecule has 1 aromatic rings. The number of ether oxygens (including phenoxy) is 1. The van der Waals surface area contributed by atoms with E-state index < -0.39 is 5.97 Å². The molecule has 0 fully saturated rings. The Morgan fingerprint density at radius 1 is 1.27 bits per heavy atom. The van der Waals surface area contributed by atoms with Crippen LogP contribution in [0.1, 0.15) is 26.3 Å². The van der Waals surface area contributed by atoms with E-state index in [9.17, 15) is 9.59 Å². The average molecular weight is 207 g/mol. The summed E-state index contributed by atoms with van der Waals surface area (Å²) in [6.45, 7) is 1.37. The first-order valence-corrected chi connectivity index (χ1v) is 4.64. The maximum Gasteiger partial charge on any atom is 0.302 e. The van der Waals surface area contributed by atoms with Gasteiger partial charge in [0.2, 0.25) is 0 Å². The number of hydrogen-bond acceptors (Lipinski definition) is 3. The highest BCUT2D eigenvalue weighted by atomic mass is 16.5. The third-order valence-corrected chi connectivity index (χ3v) is 1.88. The van der Waals surface area contributed by atoms with Gasteiger partial charge in [-0.2, -0.15) is 0 Å². The summed E-state index contributed by atoms with van der Waals surface area (Å²) in [5, 5.41) is 0. The summed E-state index contributed by atoms with van der Waals surface area (Å²) in [7, 11) is 0. The van der Waals surface area contributed by atoms with Gasteiger partial charge in [-0.1, -0.05) is 24.3 Å². The fraction of sp³-hybridized carbons (Fsp3) is 0.333. The summed E-state index contributed by atoms with van der Waals surface area (Å²) in [6, 6.07) is 7.31. The lowest BCUT2D eigenvalue weighted by Gasteiger charge is -2.03. The van der Waals surface area contributed by atoms with E-state index in [-0.39, 0.29) is 19.3 Å². The van der Waals surface area contributed by atoms with Crippen molar-refractivity contribution in [1.29, 1.82) is 0 Å². The Balaban J connectivity index is 2.51. The molecule has 1 rings (SSSR count). The smallest absolute Gasteiger partial charge is 0.302 e. The Morgan fingerprint density at radius 3 is 2.40 bits per heavy atom. The fourth-order valence-electron chi connectivity index (χ4n) is 1.20. The Bertz CT molecular complexity index is 370. The fourth-order valence-corrected chi connectivity index (χ4v) is 1.20. The highest BCUT2D eigenvalue weighted by molar-refractivity contribution is 5.78. The SMILES string of the molecule is [2H]CC(=O)OCc1ccc(CC(C)=O)cc1. The number of benzene rings is 1. The van der Waals surface area contributed by atoms with E-state index in [1.807, 2.05) is 24.3 Å². The summed E-state index contributed by atoms with van der Waals surface area (Å²) >= 11 is 0. The molecular formula is C12H14O3.